The zero-order chi connectivity index (χ0) is 12.3. The molecule has 1 aromatic carbocycles. The third-order valence-electron chi connectivity index (χ3n) is 3.14. The number of nitrogens with one attached hydrogen (secondary N) is 1. The van der Waals surface area contributed by atoms with Gasteiger partial charge in [0.25, 0.3) is 0 Å². The van der Waals surface area contributed by atoms with E-state index < -0.39 is 0 Å². The van der Waals surface area contributed by atoms with E-state index in [0.717, 1.165) is 31.6 Å². The van der Waals surface area contributed by atoms with Gasteiger partial charge >= 0.3 is 0 Å². The van der Waals surface area contributed by atoms with Gasteiger partial charge in [-0.2, -0.15) is 0 Å². The average Bonchev–Trinajstić information content (AvgIpc) is 2.35. The summed E-state index contributed by atoms with van der Waals surface area (Å²) >= 11 is 0. The predicted octanol–water partition coefficient (Wildman–Crippen LogP) is 1.36. The summed E-state index contributed by atoms with van der Waals surface area (Å²) in [5.74, 6) is -0.284. The highest BCUT2D eigenvalue weighted by Crippen LogP contribution is 2.31. The number of nitrogens with two attached hydrogens (primary N) is 1. The van der Waals surface area contributed by atoms with Gasteiger partial charge < -0.3 is 16.0 Å². The highest BCUT2D eigenvalue weighted by molar-refractivity contribution is 5.81. The van der Waals surface area contributed by atoms with Crippen LogP contribution in [0.2, 0.25) is 0 Å². The molecule has 1 aliphatic rings. The predicted molar refractivity (Wildman–Crippen MR) is 70.3 cm³/mol. The molecule has 17 heavy (non-hydrogen) atoms. The van der Waals surface area contributed by atoms with Crippen LogP contribution in [0.3, 0.4) is 0 Å². The topological polar surface area (TPSA) is 58.4 Å². The van der Waals surface area contributed by atoms with Crippen LogP contribution in [-0.2, 0) is 11.2 Å². The van der Waals surface area contributed by atoms with Crippen LogP contribution in [0.4, 0.5) is 11.4 Å². The molecule has 4 heteroatoms. The molecule has 0 bridgehead atoms. The Kier molecular flexibility index (Phi) is 3.52. The first-order chi connectivity index (χ1) is 8.22. The van der Waals surface area contributed by atoms with Gasteiger partial charge in [0, 0.05) is 24.5 Å². The Morgan fingerprint density at radius 3 is 3.06 bits per heavy atom. The summed E-state index contributed by atoms with van der Waals surface area (Å²) < 4.78 is 0. The van der Waals surface area contributed by atoms with Gasteiger partial charge in [-0.05, 0) is 37.5 Å². The Morgan fingerprint density at radius 2 is 2.35 bits per heavy atom. The molecule has 3 N–H and O–H groups in total. The summed E-state index contributed by atoms with van der Waals surface area (Å²) in [5.41, 5.74) is 8.92. The normalized spacial score (nSPS) is 13.7. The van der Waals surface area contributed by atoms with Crippen LogP contribution in [0.25, 0.3) is 0 Å². The molecule has 0 atom stereocenters. The molecule has 0 spiro atoms. The van der Waals surface area contributed by atoms with Crippen LogP contribution in [0, 0.1) is 0 Å². The molecule has 0 radical (unpaired) electrons. The number of hydrogen-bond acceptors (Lipinski definition) is 3. The van der Waals surface area contributed by atoms with Gasteiger partial charge in [0.1, 0.15) is 0 Å². The van der Waals surface area contributed by atoms with Gasteiger partial charge in [0.2, 0.25) is 5.91 Å². The van der Waals surface area contributed by atoms with Gasteiger partial charge in [-0.3, -0.25) is 4.79 Å². The fourth-order valence-electron chi connectivity index (χ4n) is 2.34. The highest BCUT2D eigenvalue weighted by Gasteiger charge is 2.16. The van der Waals surface area contributed by atoms with Crippen molar-refractivity contribution in [2.45, 2.75) is 19.8 Å². The van der Waals surface area contributed by atoms with E-state index in [4.69, 9.17) is 5.73 Å². The molecule has 0 aliphatic carbocycles. The SMILES string of the molecule is CCN(CC(N)=O)c1cccc2c1CCCN2. The van der Waals surface area contributed by atoms with E-state index in [1.165, 1.54) is 11.3 Å². The van der Waals surface area contributed by atoms with Gasteiger partial charge in [-0.15, -0.1) is 0 Å². The fraction of sp³-hybridized carbons (Fsp3) is 0.462. The number of rotatable bonds is 4. The van der Waals surface area contributed by atoms with Crippen LogP contribution < -0.4 is 16.0 Å². The fourth-order valence-corrected chi connectivity index (χ4v) is 2.34. The van der Waals surface area contributed by atoms with Gasteiger partial charge in [-0.1, -0.05) is 6.07 Å². The number of anilines is 2. The molecule has 92 valence electrons. The van der Waals surface area contributed by atoms with E-state index in [1.54, 1.807) is 0 Å². The van der Waals surface area contributed by atoms with Crippen molar-refractivity contribution in [1.82, 2.24) is 0 Å². The number of fused-ring (bicyclic) bond motifs is 1. The number of amides is 1. The number of primary amides is 1. The first-order valence-electron chi connectivity index (χ1n) is 6.11. The second-order valence-electron chi connectivity index (χ2n) is 4.31. The minimum atomic E-state index is -0.284. The first kappa shape index (κ1) is 11.8. The lowest BCUT2D eigenvalue weighted by atomic mass is 10.0. The average molecular weight is 233 g/mol. The van der Waals surface area contributed by atoms with Crippen molar-refractivity contribution in [1.29, 1.82) is 0 Å². The molecule has 1 aliphatic heterocycles. The molecular weight excluding hydrogens is 214 g/mol. The summed E-state index contributed by atoms with van der Waals surface area (Å²) in [5, 5.41) is 3.39. The molecule has 0 fully saturated rings. The maximum absolute atomic E-state index is 11.1. The molecule has 1 heterocycles. The Balaban J connectivity index is 2.32. The maximum atomic E-state index is 11.1. The van der Waals surface area contributed by atoms with Crippen molar-refractivity contribution < 1.29 is 4.79 Å². The smallest absolute Gasteiger partial charge is 0.236 e. The van der Waals surface area contributed by atoms with E-state index in [9.17, 15) is 4.79 Å². The first-order valence-corrected chi connectivity index (χ1v) is 6.11. The van der Waals surface area contributed by atoms with Crippen molar-refractivity contribution in [3.8, 4) is 0 Å². The van der Waals surface area contributed by atoms with Gasteiger partial charge in [0.05, 0.1) is 6.54 Å². The summed E-state index contributed by atoms with van der Waals surface area (Å²) in [7, 11) is 0. The molecule has 4 nitrogen and oxygen atoms in total. The second-order valence-corrected chi connectivity index (χ2v) is 4.31. The van der Waals surface area contributed by atoms with Crippen LogP contribution in [-0.4, -0.2) is 25.5 Å². The van der Waals surface area contributed by atoms with Crippen molar-refractivity contribution >= 4 is 17.3 Å². The molecule has 0 aromatic heterocycles. The number of benzene rings is 1. The van der Waals surface area contributed by atoms with Crippen LogP contribution >= 0.6 is 0 Å². The van der Waals surface area contributed by atoms with Crippen LogP contribution in [0.1, 0.15) is 18.9 Å². The van der Waals surface area contributed by atoms with E-state index in [2.05, 4.69) is 17.4 Å². The van der Waals surface area contributed by atoms with Crippen molar-refractivity contribution in [2.75, 3.05) is 29.9 Å². The van der Waals surface area contributed by atoms with Crippen molar-refractivity contribution in [3.05, 3.63) is 23.8 Å². The molecule has 1 aromatic rings. The lowest BCUT2D eigenvalue weighted by Gasteiger charge is -2.28. The Labute approximate surface area is 102 Å². The molecule has 2 rings (SSSR count). The van der Waals surface area contributed by atoms with Crippen LogP contribution in [0.15, 0.2) is 18.2 Å². The number of likely N-dealkylation sites (N-methyl/N-ethyl adjacent to an activating group) is 1. The van der Waals surface area contributed by atoms with Gasteiger partial charge in [-0.25, -0.2) is 0 Å². The number of nitrogens with zero attached hydrogens (tertiary/aromatic N) is 1. The summed E-state index contributed by atoms with van der Waals surface area (Å²) in [6, 6.07) is 6.19. The quantitative estimate of drug-likeness (QED) is 0.825. The monoisotopic (exact) mass is 233 g/mol. The standard InChI is InChI=1S/C13H19N3O/c1-2-16(9-13(14)17)12-7-3-6-11-10(12)5-4-8-15-11/h3,6-7,15H,2,4-5,8-9H2,1H3,(H2,14,17). The summed E-state index contributed by atoms with van der Waals surface area (Å²) in [4.78, 5) is 13.1. The maximum Gasteiger partial charge on any atom is 0.236 e. The summed E-state index contributed by atoms with van der Waals surface area (Å²) in [6.07, 6.45) is 2.20. The van der Waals surface area contributed by atoms with Crippen LogP contribution in [0.5, 0.6) is 0 Å². The Bertz CT molecular complexity index is 417. The zero-order valence-electron chi connectivity index (χ0n) is 10.2. The molecule has 0 unspecified atom stereocenters. The van der Waals surface area contributed by atoms with E-state index in [0.29, 0.717) is 0 Å². The number of carbonyl (C=O) groups is 1. The molecule has 0 saturated heterocycles. The van der Waals surface area contributed by atoms with Crippen molar-refractivity contribution in [2.24, 2.45) is 5.73 Å². The van der Waals surface area contributed by atoms with Gasteiger partial charge in [0.15, 0.2) is 0 Å². The largest absolute Gasteiger partial charge is 0.385 e. The third-order valence-corrected chi connectivity index (χ3v) is 3.14. The molecule has 1 amide bonds. The summed E-state index contributed by atoms with van der Waals surface area (Å²) in [6.45, 7) is 4.14. The highest BCUT2D eigenvalue weighted by atomic mass is 16.1. The number of hydrogen-bond donors (Lipinski definition) is 2. The molecular formula is C13H19N3O. The van der Waals surface area contributed by atoms with E-state index in [-0.39, 0.29) is 12.5 Å². The zero-order valence-corrected chi connectivity index (χ0v) is 10.2. The Morgan fingerprint density at radius 1 is 1.53 bits per heavy atom. The minimum Gasteiger partial charge on any atom is -0.385 e. The lowest BCUT2D eigenvalue weighted by Crippen LogP contribution is -2.34. The van der Waals surface area contributed by atoms with E-state index >= 15 is 0 Å². The Hall–Kier alpha value is -1.71. The lowest BCUT2D eigenvalue weighted by molar-refractivity contribution is -0.116. The molecule has 0 saturated carbocycles. The third kappa shape index (κ3) is 2.52. The second kappa shape index (κ2) is 5.08. The van der Waals surface area contributed by atoms with Crippen molar-refractivity contribution in [3.63, 3.8) is 0 Å². The van der Waals surface area contributed by atoms with E-state index in [1.807, 2.05) is 17.9 Å². The minimum absolute atomic E-state index is 0.284. The number of carbonyl (C=O) groups excluding carboxylic acids is 1.